The molecule has 2 nitrogen and oxygen atoms in total. The lowest BCUT2D eigenvalue weighted by molar-refractivity contribution is 0.520. The molecule has 1 aromatic heterocycles. The van der Waals surface area contributed by atoms with Crippen molar-refractivity contribution in [3.63, 3.8) is 0 Å². The molecule has 0 radical (unpaired) electrons. The summed E-state index contributed by atoms with van der Waals surface area (Å²) in [5.41, 5.74) is 4.37. The number of aromatic nitrogens is 1. The quantitative estimate of drug-likeness (QED) is 0.861. The number of nitrogens with zero attached hydrogens (tertiary/aromatic N) is 1. The standard InChI is InChI=1S/C14H17BrN2S/c1-2-6-16-13(14-9-18-10-17-14)8-11-4-3-5-12(15)7-11/h3-5,7,9-10,13,16H,2,6,8H2,1H3. The third kappa shape index (κ3) is 3.90. The van der Waals surface area contributed by atoms with Gasteiger partial charge in [0.15, 0.2) is 0 Å². The minimum Gasteiger partial charge on any atom is -0.308 e. The van der Waals surface area contributed by atoms with Crippen LogP contribution >= 0.6 is 27.3 Å². The number of nitrogens with one attached hydrogen (secondary N) is 1. The van der Waals surface area contributed by atoms with E-state index in [0.717, 1.165) is 29.6 Å². The molecule has 1 unspecified atom stereocenters. The second kappa shape index (κ2) is 7.02. The van der Waals surface area contributed by atoms with Crippen molar-refractivity contribution in [1.29, 1.82) is 0 Å². The Balaban J connectivity index is 2.10. The van der Waals surface area contributed by atoms with E-state index in [0.29, 0.717) is 6.04 Å². The molecule has 0 bridgehead atoms. The van der Waals surface area contributed by atoms with Crippen LogP contribution in [0.15, 0.2) is 39.6 Å². The molecule has 18 heavy (non-hydrogen) atoms. The molecule has 1 N–H and O–H groups in total. The van der Waals surface area contributed by atoms with E-state index in [1.165, 1.54) is 5.56 Å². The van der Waals surface area contributed by atoms with Gasteiger partial charge in [-0.15, -0.1) is 11.3 Å². The molecule has 0 aliphatic carbocycles. The van der Waals surface area contributed by atoms with Crippen molar-refractivity contribution >= 4 is 27.3 Å². The summed E-state index contributed by atoms with van der Waals surface area (Å²) in [7, 11) is 0. The van der Waals surface area contributed by atoms with E-state index < -0.39 is 0 Å². The molecule has 2 aromatic rings. The highest BCUT2D eigenvalue weighted by molar-refractivity contribution is 9.10. The van der Waals surface area contributed by atoms with Gasteiger partial charge in [0.2, 0.25) is 0 Å². The molecule has 0 fully saturated rings. The van der Waals surface area contributed by atoms with Crippen molar-refractivity contribution in [2.24, 2.45) is 0 Å². The normalized spacial score (nSPS) is 12.6. The molecular weight excluding hydrogens is 308 g/mol. The summed E-state index contributed by atoms with van der Waals surface area (Å²) >= 11 is 5.17. The average molecular weight is 325 g/mol. The second-order valence-electron chi connectivity index (χ2n) is 4.25. The van der Waals surface area contributed by atoms with Crippen molar-refractivity contribution in [2.75, 3.05) is 6.54 Å². The molecule has 0 spiro atoms. The Kier molecular flexibility index (Phi) is 5.35. The van der Waals surface area contributed by atoms with Crippen LogP contribution in [-0.2, 0) is 6.42 Å². The van der Waals surface area contributed by atoms with Gasteiger partial charge in [0.25, 0.3) is 0 Å². The first kappa shape index (κ1) is 13.7. The van der Waals surface area contributed by atoms with Gasteiger partial charge in [-0.2, -0.15) is 0 Å². The highest BCUT2D eigenvalue weighted by Gasteiger charge is 2.13. The lowest BCUT2D eigenvalue weighted by Crippen LogP contribution is -2.24. The summed E-state index contributed by atoms with van der Waals surface area (Å²) in [6, 6.07) is 8.79. The maximum absolute atomic E-state index is 4.43. The van der Waals surface area contributed by atoms with Gasteiger partial charge in [0.1, 0.15) is 0 Å². The van der Waals surface area contributed by atoms with Crippen LogP contribution in [0.2, 0.25) is 0 Å². The molecule has 0 aliphatic heterocycles. The second-order valence-corrected chi connectivity index (χ2v) is 5.89. The van der Waals surface area contributed by atoms with Gasteiger partial charge in [0.05, 0.1) is 17.2 Å². The van der Waals surface area contributed by atoms with E-state index in [4.69, 9.17) is 0 Å². The fourth-order valence-corrected chi connectivity index (χ4v) is 2.95. The van der Waals surface area contributed by atoms with Gasteiger partial charge in [0, 0.05) is 9.85 Å². The summed E-state index contributed by atoms with van der Waals surface area (Å²) < 4.78 is 1.13. The van der Waals surface area contributed by atoms with Crippen molar-refractivity contribution in [1.82, 2.24) is 10.3 Å². The average Bonchev–Trinajstić information content (AvgIpc) is 2.88. The van der Waals surface area contributed by atoms with E-state index in [9.17, 15) is 0 Å². The number of hydrogen-bond acceptors (Lipinski definition) is 3. The van der Waals surface area contributed by atoms with Crippen LogP contribution < -0.4 is 5.32 Å². The minimum absolute atomic E-state index is 0.311. The topological polar surface area (TPSA) is 24.9 Å². The number of hydrogen-bond donors (Lipinski definition) is 1. The van der Waals surface area contributed by atoms with Crippen LogP contribution in [0.25, 0.3) is 0 Å². The zero-order chi connectivity index (χ0) is 12.8. The highest BCUT2D eigenvalue weighted by atomic mass is 79.9. The fraction of sp³-hybridized carbons (Fsp3) is 0.357. The third-order valence-corrected chi connectivity index (χ3v) is 3.88. The van der Waals surface area contributed by atoms with Crippen molar-refractivity contribution in [3.05, 3.63) is 50.9 Å². The highest BCUT2D eigenvalue weighted by Crippen LogP contribution is 2.20. The first-order chi connectivity index (χ1) is 8.79. The van der Waals surface area contributed by atoms with Crippen LogP contribution in [0.1, 0.15) is 30.6 Å². The Morgan fingerprint density at radius 1 is 1.44 bits per heavy atom. The van der Waals surface area contributed by atoms with Crippen LogP contribution in [0.3, 0.4) is 0 Å². The predicted octanol–water partition coefficient (Wildman–Crippen LogP) is 4.19. The van der Waals surface area contributed by atoms with Gasteiger partial charge in [-0.25, -0.2) is 4.98 Å². The number of rotatable bonds is 6. The number of benzene rings is 1. The molecule has 1 heterocycles. The predicted molar refractivity (Wildman–Crippen MR) is 81.0 cm³/mol. The third-order valence-electron chi connectivity index (χ3n) is 2.78. The Morgan fingerprint density at radius 3 is 3.00 bits per heavy atom. The SMILES string of the molecule is CCCNC(Cc1cccc(Br)c1)c1cscn1. The van der Waals surface area contributed by atoms with Gasteiger partial charge in [-0.3, -0.25) is 0 Å². The summed E-state index contributed by atoms with van der Waals surface area (Å²) in [5, 5.41) is 5.70. The monoisotopic (exact) mass is 324 g/mol. The smallest absolute Gasteiger partial charge is 0.0795 e. The largest absolute Gasteiger partial charge is 0.308 e. The summed E-state index contributed by atoms with van der Waals surface area (Å²) in [5.74, 6) is 0. The first-order valence-corrected chi connectivity index (χ1v) is 7.89. The van der Waals surface area contributed by atoms with Gasteiger partial charge >= 0.3 is 0 Å². The number of thiazole rings is 1. The molecule has 0 saturated carbocycles. The first-order valence-electron chi connectivity index (χ1n) is 6.15. The summed E-state index contributed by atoms with van der Waals surface area (Å²) in [6.07, 6.45) is 2.11. The summed E-state index contributed by atoms with van der Waals surface area (Å²) in [4.78, 5) is 4.43. The maximum atomic E-state index is 4.43. The molecule has 0 amide bonds. The molecule has 1 aromatic carbocycles. The Labute approximate surface area is 121 Å². The minimum atomic E-state index is 0.311. The van der Waals surface area contributed by atoms with Gasteiger partial charge in [-0.05, 0) is 37.1 Å². The lowest BCUT2D eigenvalue weighted by atomic mass is 10.0. The Hall–Kier alpha value is -0.710. The molecule has 2 rings (SSSR count). The molecular formula is C14H17BrN2S. The Morgan fingerprint density at radius 2 is 2.33 bits per heavy atom. The van der Waals surface area contributed by atoms with Crippen LogP contribution in [0.5, 0.6) is 0 Å². The van der Waals surface area contributed by atoms with E-state index in [2.05, 4.69) is 62.8 Å². The zero-order valence-electron chi connectivity index (χ0n) is 10.4. The van der Waals surface area contributed by atoms with Crippen LogP contribution in [-0.4, -0.2) is 11.5 Å². The van der Waals surface area contributed by atoms with Crippen molar-refractivity contribution in [3.8, 4) is 0 Å². The van der Waals surface area contributed by atoms with Gasteiger partial charge in [-0.1, -0.05) is 35.0 Å². The summed E-state index contributed by atoms with van der Waals surface area (Å²) in [6.45, 7) is 3.21. The van der Waals surface area contributed by atoms with Gasteiger partial charge < -0.3 is 5.32 Å². The van der Waals surface area contributed by atoms with Crippen LogP contribution in [0.4, 0.5) is 0 Å². The van der Waals surface area contributed by atoms with E-state index in [-0.39, 0.29) is 0 Å². The Bertz CT molecular complexity index is 470. The van der Waals surface area contributed by atoms with E-state index in [1.807, 2.05) is 5.51 Å². The molecule has 0 aliphatic rings. The van der Waals surface area contributed by atoms with Crippen molar-refractivity contribution < 1.29 is 0 Å². The fourth-order valence-electron chi connectivity index (χ4n) is 1.89. The molecule has 4 heteroatoms. The van der Waals surface area contributed by atoms with E-state index >= 15 is 0 Å². The number of halogens is 1. The lowest BCUT2D eigenvalue weighted by Gasteiger charge is -2.16. The molecule has 0 saturated heterocycles. The maximum Gasteiger partial charge on any atom is 0.0795 e. The zero-order valence-corrected chi connectivity index (χ0v) is 12.8. The van der Waals surface area contributed by atoms with Crippen molar-refractivity contribution in [2.45, 2.75) is 25.8 Å². The van der Waals surface area contributed by atoms with Crippen LogP contribution in [0, 0.1) is 0 Å². The molecule has 96 valence electrons. The van der Waals surface area contributed by atoms with E-state index in [1.54, 1.807) is 11.3 Å². The molecule has 1 atom stereocenters.